The van der Waals surface area contributed by atoms with Crippen molar-refractivity contribution in [3.05, 3.63) is 70.8 Å². The molecule has 2 saturated heterocycles. The largest absolute Gasteiger partial charge is 0.339 e. The maximum atomic E-state index is 13.4. The smallest absolute Gasteiger partial charge is 0.325 e. The van der Waals surface area contributed by atoms with Gasteiger partial charge in [-0.3, -0.25) is 14.5 Å². The van der Waals surface area contributed by atoms with E-state index in [1.54, 1.807) is 19.1 Å². The summed E-state index contributed by atoms with van der Waals surface area (Å²) in [5, 5.41) is 2.88. The van der Waals surface area contributed by atoms with Gasteiger partial charge in [-0.05, 0) is 60.4 Å². The van der Waals surface area contributed by atoms with Crippen molar-refractivity contribution in [2.24, 2.45) is 0 Å². The van der Waals surface area contributed by atoms with Crippen molar-refractivity contribution in [2.45, 2.75) is 64.5 Å². The van der Waals surface area contributed by atoms with Crippen molar-refractivity contribution in [3.63, 3.8) is 0 Å². The molecule has 2 aliphatic heterocycles. The number of imide groups is 1. The molecule has 33 heavy (non-hydrogen) atoms. The van der Waals surface area contributed by atoms with Gasteiger partial charge in [-0.1, -0.05) is 57.2 Å². The Balaban J connectivity index is 1.52. The average molecular weight is 448 g/mol. The Bertz CT molecular complexity index is 1060. The van der Waals surface area contributed by atoms with E-state index in [9.17, 15) is 14.4 Å². The normalized spacial score (nSPS) is 21.3. The summed E-state index contributed by atoms with van der Waals surface area (Å²) in [5.74, 6) is -0.277. The topological polar surface area (TPSA) is 69.7 Å². The lowest BCUT2D eigenvalue weighted by Crippen LogP contribution is -2.40. The molecule has 174 valence electrons. The molecule has 1 N–H and O–H groups in total. The summed E-state index contributed by atoms with van der Waals surface area (Å²) in [6.07, 6.45) is 3.22. The molecule has 4 amide bonds. The molecule has 0 bridgehead atoms. The van der Waals surface area contributed by atoms with Crippen molar-refractivity contribution in [1.82, 2.24) is 15.1 Å². The number of hydrogen-bond donors (Lipinski definition) is 1. The first-order valence-electron chi connectivity index (χ1n) is 11.7. The summed E-state index contributed by atoms with van der Waals surface area (Å²) in [6.45, 7) is 9.84. The molecule has 0 spiro atoms. The quantitative estimate of drug-likeness (QED) is 0.698. The van der Waals surface area contributed by atoms with Gasteiger partial charge in [-0.2, -0.15) is 0 Å². The van der Waals surface area contributed by atoms with Crippen LogP contribution in [0.25, 0.3) is 0 Å². The van der Waals surface area contributed by atoms with Crippen LogP contribution in [0.2, 0.25) is 0 Å². The third-order valence-corrected chi connectivity index (χ3v) is 6.76. The standard InChI is InChI=1S/C27H33N3O3/c1-26(2,3)21-11-13-22(14-12-21)27(4)24(32)30(25(33)28-27)18-19-9-8-10-20(17-19)23(31)29-15-6-5-7-16-29/h8-14,17H,5-7,15-16,18H2,1-4H3,(H,28,33). The maximum absolute atomic E-state index is 13.4. The van der Waals surface area contributed by atoms with E-state index in [-0.39, 0.29) is 23.8 Å². The Labute approximate surface area is 196 Å². The van der Waals surface area contributed by atoms with Crippen LogP contribution in [0.4, 0.5) is 4.79 Å². The number of amides is 4. The summed E-state index contributed by atoms with van der Waals surface area (Å²) in [7, 11) is 0. The van der Waals surface area contributed by atoms with Crippen molar-refractivity contribution >= 4 is 17.8 Å². The number of urea groups is 1. The molecule has 2 fully saturated rings. The molecule has 2 aromatic rings. The molecule has 1 atom stereocenters. The number of hydrogen-bond acceptors (Lipinski definition) is 3. The number of rotatable bonds is 4. The van der Waals surface area contributed by atoms with Gasteiger partial charge in [0.05, 0.1) is 6.54 Å². The number of carbonyl (C=O) groups excluding carboxylic acids is 3. The fourth-order valence-corrected chi connectivity index (χ4v) is 4.60. The van der Waals surface area contributed by atoms with E-state index in [1.807, 2.05) is 41.3 Å². The first-order chi connectivity index (χ1) is 15.6. The zero-order chi connectivity index (χ0) is 23.8. The Morgan fingerprint density at radius 2 is 1.67 bits per heavy atom. The van der Waals surface area contributed by atoms with Crippen LogP contribution in [0.1, 0.15) is 74.0 Å². The van der Waals surface area contributed by atoms with Gasteiger partial charge in [-0.25, -0.2) is 4.79 Å². The van der Waals surface area contributed by atoms with Gasteiger partial charge < -0.3 is 10.2 Å². The highest BCUT2D eigenvalue weighted by Crippen LogP contribution is 2.32. The van der Waals surface area contributed by atoms with Crippen LogP contribution in [0.5, 0.6) is 0 Å². The molecule has 0 aliphatic carbocycles. The number of nitrogens with zero attached hydrogens (tertiary/aromatic N) is 2. The van der Waals surface area contributed by atoms with Gasteiger partial charge in [0.2, 0.25) is 0 Å². The second-order valence-corrected chi connectivity index (χ2v) is 10.3. The van der Waals surface area contributed by atoms with E-state index in [2.05, 4.69) is 26.1 Å². The molecule has 2 heterocycles. The zero-order valence-electron chi connectivity index (χ0n) is 20.0. The Morgan fingerprint density at radius 3 is 2.30 bits per heavy atom. The third kappa shape index (κ3) is 4.52. The molecule has 1 unspecified atom stereocenters. The van der Waals surface area contributed by atoms with E-state index in [0.717, 1.165) is 43.5 Å². The van der Waals surface area contributed by atoms with Crippen LogP contribution in [0.3, 0.4) is 0 Å². The minimum atomic E-state index is -1.12. The lowest BCUT2D eigenvalue weighted by atomic mass is 9.84. The number of nitrogens with one attached hydrogen (secondary N) is 1. The third-order valence-electron chi connectivity index (χ3n) is 6.76. The summed E-state index contributed by atoms with van der Waals surface area (Å²) in [5.41, 5.74) is 2.17. The average Bonchev–Trinajstić information content (AvgIpc) is 3.03. The lowest BCUT2D eigenvalue weighted by Gasteiger charge is -2.27. The van der Waals surface area contributed by atoms with Gasteiger partial charge in [0.25, 0.3) is 11.8 Å². The van der Waals surface area contributed by atoms with Crippen molar-refractivity contribution in [1.29, 1.82) is 0 Å². The molecule has 2 aromatic carbocycles. The number of carbonyl (C=O) groups is 3. The lowest BCUT2D eigenvalue weighted by molar-refractivity contribution is -0.131. The Morgan fingerprint density at radius 1 is 1.00 bits per heavy atom. The van der Waals surface area contributed by atoms with E-state index >= 15 is 0 Å². The van der Waals surface area contributed by atoms with Crippen LogP contribution in [-0.2, 0) is 22.3 Å². The van der Waals surface area contributed by atoms with Gasteiger partial charge in [0.15, 0.2) is 0 Å². The minimum Gasteiger partial charge on any atom is -0.339 e. The summed E-state index contributed by atoms with van der Waals surface area (Å²) in [4.78, 5) is 42.1. The molecule has 4 rings (SSSR count). The van der Waals surface area contributed by atoms with Crippen molar-refractivity contribution in [3.8, 4) is 0 Å². The highest BCUT2D eigenvalue weighted by atomic mass is 16.2. The van der Waals surface area contributed by atoms with E-state index in [4.69, 9.17) is 0 Å². The second kappa shape index (κ2) is 8.65. The van der Waals surface area contributed by atoms with Crippen molar-refractivity contribution < 1.29 is 14.4 Å². The number of benzene rings is 2. The first kappa shape index (κ1) is 23.0. The molecule has 0 aromatic heterocycles. The monoisotopic (exact) mass is 447 g/mol. The van der Waals surface area contributed by atoms with Crippen LogP contribution in [0.15, 0.2) is 48.5 Å². The predicted molar refractivity (Wildman–Crippen MR) is 128 cm³/mol. The summed E-state index contributed by atoms with van der Waals surface area (Å²) in [6, 6.07) is 14.7. The molecular formula is C27H33N3O3. The van der Waals surface area contributed by atoms with Gasteiger partial charge >= 0.3 is 6.03 Å². The van der Waals surface area contributed by atoms with E-state index in [1.165, 1.54) is 10.5 Å². The Kier molecular flexibility index (Phi) is 6.04. The summed E-state index contributed by atoms with van der Waals surface area (Å²) < 4.78 is 0. The fraction of sp³-hybridized carbons (Fsp3) is 0.444. The molecule has 6 heteroatoms. The molecule has 6 nitrogen and oxygen atoms in total. The van der Waals surface area contributed by atoms with Gasteiger partial charge in [0.1, 0.15) is 5.54 Å². The maximum Gasteiger partial charge on any atom is 0.325 e. The zero-order valence-corrected chi connectivity index (χ0v) is 20.0. The van der Waals surface area contributed by atoms with Crippen LogP contribution in [-0.4, -0.2) is 40.7 Å². The minimum absolute atomic E-state index is 0.00501. The van der Waals surface area contributed by atoms with Crippen molar-refractivity contribution in [2.75, 3.05) is 13.1 Å². The molecule has 0 radical (unpaired) electrons. The molecule has 0 saturated carbocycles. The van der Waals surface area contributed by atoms with Gasteiger partial charge in [-0.15, -0.1) is 0 Å². The van der Waals surface area contributed by atoms with Crippen LogP contribution < -0.4 is 5.32 Å². The highest BCUT2D eigenvalue weighted by molar-refractivity contribution is 6.07. The van der Waals surface area contributed by atoms with E-state index < -0.39 is 11.6 Å². The predicted octanol–water partition coefficient (Wildman–Crippen LogP) is 4.58. The molecular weight excluding hydrogens is 414 g/mol. The summed E-state index contributed by atoms with van der Waals surface area (Å²) >= 11 is 0. The molecule has 2 aliphatic rings. The Hall–Kier alpha value is -3.15. The highest BCUT2D eigenvalue weighted by Gasteiger charge is 2.48. The van der Waals surface area contributed by atoms with E-state index in [0.29, 0.717) is 5.56 Å². The van der Waals surface area contributed by atoms with Crippen LogP contribution >= 0.6 is 0 Å². The van der Waals surface area contributed by atoms with Crippen LogP contribution in [0, 0.1) is 0 Å². The first-order valence-corrected chi connectivity index (χ1v) is 11.7. The second-order valence-electron chi connectivity index (χ2n) is 10.3. The van der Waals surface area contributed by atoms with Gasteiger partial charge in [0, 0.05) is 18.7 Å². The number of piperidine rings is 1. The number of likely N-dealkylation sites (tertiary alicyclic amines) is 1. The fourth-order valence-electron chi connectivity index (χ4n) is 4.60. The SMILES string of the molecule is CC(C)(C)c1ccc(C2(C)NC(=O)N(Cc3cccc(C(=O)N4CCCCC4)c3)C2=O)cc1.